The SMILES string of the molecule is C=Cc1[nH]c(=O)c2c(c1C)NCCC2. The largest absolute Gasteiger partial charge is 0.384 e. The fourth-order valence-electron chi connectivity index (χ4n) is 1.93. The second kappa shape index (κ2) is 3.33. The van der Waals surface area contributed by atoms with Gasteiger partial charge in [-0.05, 0) is 31.4 Å². The Hall–Kier alpha value is -1.51. The maximum atomic E-state index is 11.7. The zero-order valence-electron chi connectivity index (χ0n) is 8.31. The molecule has 1 aromatic heterocycles. The molecule has 74 valence electrons. The van der Waals surface area contributed by atoms with Crippen molar-refractivity contribution in [3.05, 3.63) is 33.8 Å². The highest BCUT2D eigenvalue weighted by Gasteiger charge is 2.16. The Labute approximate surface area is 82.9 Å². The third kappa shape index (κ3) is 1.25. The summed E-state index contributed by atoms with van der Waals surface area (Å²) in [4.78, 5) is 14.5. The van der Waals surface area contributed by atoms with E-state index >= 15 is 0 Å². The van der Waals surface area contributed by atoms with Gasteiger partial charge in [0.05, 0.1) is 0 Å². The summed E-state index contributed by atoms with van der Waals surface area (Å²) in [6.45, 7) is 6.64. The summed E-state index contributed by atoms with van der Waals surface area (Å²) in [7, 11) is 0. The molecule has 0 aliphatic carbocycles. The maximum Gasteiger partial charge on any atom is 0.253 e. The molecular weight excluding hydrogens is 176 g/mol. The van der Waals surface area contributed by atoms with Crippen LogP contribution in [0.15, 0.2) is 11.4 Å². The average Bonchev–Trinajstić information content (AvgIpc) is 2.23. The predicted molar refractivity (Wildman–Crippen MR) is 58.7 cm³/mol. The van der Waals surface area contributed by atoms with Crippen molar-refractivity contribution >= 4 is 11.8 Å². The third-order valence-electron chi connectivity index (χ3n) is 2.71. The first-order chi connectivity index (χ1) is 6.74. The molecule has 2 rings (SSSR count). The van der Waals surface area contributed by atoms with Crippen LogP contribution in [0.4, 0.5) is 5.69 Å². The highest BCUT2D eigenvalue weighted by molar-refractivity contribution is 5.64. The Balaban J connectivity index is 2.70. The summed E-state index contributed by atoms with van der Waals surface area (Å²) in [5.41, 5.74) is 3.83. The molecule has 3 heteroatoms. The molecule has 0 amide bonds. The summed E-state index contributed by atoms with van der Waals surface area (Å²) in [5.74, 6) is 0. The lowest BCUT2D eigenvalue weighted by atomic mass is 10.0. The van der Waals surface area contributed by atoms with E-state index in [1.807, 2.05) is 6.92 Å². The summed E-state index contributed by atoms with van der Waals surface area (Å²) in [6, 6.07) is 0. The number of hydrogen-bond donors (Lipinski definition) is 2. The van der Waals surface area contributed by atoms with Crippen molar-refractivity contribution < 1.29 is 0 Å². The van der Waals surface area contributed by atoms with Gasteiger partial charge >= 0.3 is 0 Å². The van der Waals surface area contributed by atoms with Crippen LogP contribution >= 0.6 is 0 Å². The zero-order valence-corrected chi connectivity index (χ0v) is 8.31. The van der Waals surface area contributed by atoms with Crippen LogP contribution in [0.5, 0.6) is 0 Å². The molecule has 0 radical (unpaired) electrons. The number of aromatic nitrogens is 1. The van der Waals surface area contributed by atoms with Gasteiger partial charge in [0.25, 0.3) is 5.56 Å². The number of aromatic amines is 1. The Kier molecular flexibility index (Phi) is 2.15. The van der Waals surface area contributed by atoms with Crippen LogP contribution in [0.2, 0.25) is 0 Å². The first kappa shape index (κ1) is 9.06. The quantitative estimate of drug-likeness (QED) is 0.707. The minimum absolute atomic E-state index is 0.0210. The molecule has 3 nitrogen and oxygen atoms in total. The molecule has 0 atom stereocenters. The van der Waals surface area contributed by atoms with E-state index in [-0.39, 0.29) is 5.56 Å². The zero-order chi connectivity index (χ0) is 10.1. The van der Waals surface area contributed by atoms with Gasteiger partial charge in [0.15, 0.2) is 0 Å². The smallest absolute Gasteiger partial charge is 0.253 e. The molecule has 0 saturated heterocycles. The number of fused-ring (bicyclic) bond motifs is 1. The summed E-state index contributed by atoms with van der Waals surface area (Å²) < 4.78 is 0. The van der Waals surface area contributed by atoms with Crippen LogP contribution in [0.25, 0.3) is 6.08 Å². The van der Waals surface area contributed by atoms with Crippen molar-refractivity contribution in [2.24, 2.45) is 0 Å². The lowest BCUT2D eigenvalue weighted by molar-refractivity contribution is 0.810. The lowest BCUT2D eigenvalue weighted by Crippen LogP contribution is -2.24. The molecule has 0 saturated carbocycles. The number of rotatable bonds is 1. The first-order valence-corrected chi connectivity index (χ1v) is 4.86. The number of hydrogen-bond acceptors (Lipinski definition) is 2. The highest BCUT2D eigenvalue weighted by atomic mass is 16.1. The molecule has 14 heavy (non-hydrogen) atoms. The van der Waals surface area contributed by atoms with Gasteiger partial charge in [-0.25, -0.2) is 0 Å². The van der Waals surface area contributed by atoms with E-state index in [9.17, 15) is 4.79 Å². The second-order valence-electron chi connectivity index (χ2n) is 3.58. The van der Waals surface area contributed by atoms with Gasteiger partial charge < -0.3 is 10.3 Å². The molecule has 2 heterocycles. The summed E-state index contributed by atoms with van der Waals surface area (Å²) in [6.07, 6.45) is 3.59. The number of H-pyrrole nitrogens is 1. The van der Waals surface area contributed by atoms with Crippen molar-refractivity contribution in [1.82, 2.24) is 4.98 Å². The third-order valence-corrected chi connectivity index (χ3v) is 2.71. The fourth-order valence-corrected chi connectivity index (χ4v) is 1.93. The van der Waals surface area contributed by atoms with Gasteiger partial charge in [0.2, 0.25) is 0 Å². The monoisotopic (exact) mass is 190 g/mol. The van der Waals surface area contributed by atoms with Crippen molar-refractivity contribution in [2.45, 2.75) is 19.8 Å². The molecule has 0 fully saturated rings. The minimum atomic E-state index is 0.0210. The lowest BCUT2D eigenvalue weighted by Gasteiger charge is -2.20. The summed E-state index contributed by atoms with van der Waals surface area (Å²) in [5, 5.41) is 3.28. The van der Waals surface area contributed by atoms with Gasteiger partial charge in [-0.1, -0.05) is 6.58 Å². The molecule has 0 spiro atoms. The van der Waals surface area contributed by atoms with Crippen molar-refractivity contribution in [3.63, 3.8) is 0 Å². The first-order valence-electron chi connectivity index (χ1n) is 4.86. The van der Waals surface area contributed by atoms with Crippen molar-refractivity contribution in [1.29, 1.82) is 0 Å². The van der Waals surface area contributed by atoms with E-state index in [1.54, 1.807) is 6.08 Å². The van der Waals surface area contributed by atoms with Crippen LogP contribution in [0.3, 0.4) is 0 Å². The minimum Gasteiger partial charge on any atom is -0.384 e. The fraction of sp³-hybridized carbons (Fsp3) is 0.364. The normalized spacial score (nSPS) is 14.4. The molecule has 1 aromatic rings. The standard InChI is InChI=1S/C11H14N2O/c1-3-9-7(2)10-8(11(14)13-9)5-4-6-12-10/h3,12H,1,4-6H2,2H3,(H,13,14). The Morgan fingerprint density at radius 1 is 1.50 bits per heavy atom. The van der Waals surface area contributed by atoms with E-state index < -0.39 is 0 Å². The molecule has 1 aliphatic heterocycles. The summed E-state index contributed by atoms with van der Waals surface area (Å²) >= 11 is 0. The van der Waals surface area contributed by atoms with Crippen LogP contribution in [0, 0.1) is 6.92 Å². The van der Waals surface area contributed by atoms with Gasteiger partial charge in [-0.3, -0.25) is 4.79 Å². The maximum absolute atomic E-state index is 11.7. The number of nitrogens with one attached hydrogen (secondary N) is 2. The second-order valence-corrected chi connectivity index (χ2v) is 3.58. The van der Waals surface area contributed by atoms with Crippen LogP contribution in [-0.2, 0) is 6.42 Å². The van der Waals surface area contributed by atoms with Crippen LogP contribution in [-0.4, -0.2) is 11.5 Å². The number of anilines is 1. The Morgan fingerprint density at radius 3 is 3.00 bits per heavy atom. The van der Waals surface area contributed by atoms with Crippen molar-refractivity contribution in [3.8, 4) is 0 Å². The molecule has 0 aromatic carbocycles. The van der Waals surface area contributed by atoms with E-state index in [4.69, 9.17) is 0 Å². The predicted octanol–water partition coefficient (Wildman–Crippen LogP) is 1.68. The molecule has 2 N–H and O–H groups in total. The van der Waals surface area contributed by atoms with Crippen LogP contribution in [0.1, 0.15) is 23.2 Å². The average molecular weight is 190 g/mol. The van der Waals surface area contributed by atoms with Crippen LogP contribution < -0.4 is 10.9 Å². The molecule has 1 aliphatic rings. The number of pyridine rings is 1. The van der Waals surface area contributed by atoms with E-state index in [1.165, 1.54) is 0 Å². The van der Waals surface area contributed by atoms with Gasteiger partial charge in [-0.2, -0.15) is 0 Å². The Bertz CT molecular complexity index is 432. The van der Waals surface area contributed by atoms with E-state index in [2.05, 4.69) is 16.9 Å². The molecule has 0 unspecified atom stereocenters. The van der Waals surface area contributed by atoms with Gasteiger partial charge in [-0.15, -0.1) is 0 Å². The van der Waals surface area contributed by atoms with Gasteiger partial charge in [0, 0.05) is 23.5 Å². The van der Waals surface area contributed by atoms with E-state index in [0.29, 0.717) is 0 Å². The van der Waals surface area contributed by atoms with Gasteiger partial charge in [0.1, 0.15) is 0 Å². The Morgan fingerprint density at radius 2 is 2.29 bits per heavy atom. The molecular formula is C11H14N2O. The topological polar surface area (TPSA) is 44.9 Å². The molecule has 0 bridgehead atoms. The van der Waals surface area contributed by atoms with E-state index in [0.717, 1.165) is 41.9 Å². The van der Waals surface area contributed by atoms with Crippen molar-refractivity contribution in [2.75, 3.05) is 11.9 Å². The highest BCUT2D eigenvalue weighted by Crippen LogP contribution is 2.24.